The minimum atomic E-state index is 0.897. The predicted molar refractivity (Wildman–Crippen MR) is 587 cm³/mol. The van der Waals surface area contributed by atoms with Crippen molar-refractivity contribution >= 4 is 198 Å². The number of rotatable bonds is 14. The second-order valence-corrected chi connectivity index (χ2v) is 37.0. The summed E-state index contributed by atoms with van der Waals surface area (Å²) >= 11 is 0. The van der Waals surface area contributed by atoms with Crippen molar-refractivity contribution in [3.05, 3.63) is 497 Å². The summed E-state index contributed by atoms with van der Waals surface area (Å²) in [7, 11) is 0. The van der Waals surface area contributed by atoms with Gasteiger partial charge in [-0.3, -0.25) is 0 Å². The number of hydrogen-bond acceptors (Lipinski definition) is 4. The van der Waals surface area contributed by atoms with E-state index in [2.05, 4.69) is 501 Å². The third-order valence-electron chi connectivity index (χ3n) is 29.3. The smallest absolute Gasteiger partial charge is 0.143 e. The van der Waals surface area contributed by atoms with Crippen LogP contribution in [0.3, 0.4) is 0 Å². The maximum atomic E-state index is 6.47. The van der Waals surface area contributed by atoms with Crippen LogP contribution in [0.15, 0.2) is 506 Å². The van der Waals surface area contributed by atoms with E-state index < -0.39 is 0 Å². The van der Waals surface area contributed by atoms with E-state index in [1.165, 1.54) is 164 Å². The molecular formula is C132H82N6O2. The Kier molecular flexibility index (Phi) is 17.7. The Morgan fingerprint density at radius 3 is 0.836 bits per heavy atom. The highest BCUT2D eigenvalue weighted by molar-refractivity contribution is 6.26. The number of anilines is 6. The molecule has 0 fully saturated rings. The second kappa shape index (κ2) is 31.4. The van der Waals surface area contributed by atoms with Crippen LogP contribution in [0.5, 0.6) is 0 Å². The van der Waals surface area contributed by atoms with Crippen LogP contribution < -0.4 is 9.80 Å². The monoisotopic (exact) mass is 1780 g/mol. The summed E-state index contributed by atoms with van der Waals surface area (Å²) in [6, 6.07) is 181. The van der Waals surface area contributed by atoms with Crippen molar-refractivity contribution < 1.29 is 8.83 Å². The van der Waals surface area contributed by atoms with Gasteiger partial charge < -0.3 is 36.6 Å². The molecule has 8 heterocycles. The first-order chi connectivity index (χ1) is 69.4. The molecule has 652 valence electrons. The largest absolute Gasteiger partial charge is 0.456 e. The maximum absolute atomic E-state index is 6.47. The summed E-state index contributed by atoms with van der Waals surface area (Å²) < 4.78 is 22.4. The summed E-state index contributed by atoms with van der Waals surface area (Å²) in [5.41, 5.74) is 38.6. The standard InChI is InChI=1S/2C66H41N3O/c1-2-12-47(13-3-1)68-60-21-7-5-15-53(60)59-40-45(31-39-62(59)68)42-24-32-48(33-25-42)67(50-36-28-44(29-37-50)51-17-10-20-58-55-16-6-9-23-64(55)70-66(51)58)49-34-26-43(27-35-49)46-30-38-54-57-19-11-18-56-52-14-4-8-22-61(52)69(65(56)57)63(54)41-46;1-2-11-48(12-3-1)68-60-18-7-5-14-53(60)59-39-45(29-38-62(59)68)42-21-30-49(31-22-42)67(51-34-25-44(26-35-51)47-28-37-56-55-15-6-9-20-64(55)70-65(56)41-47)50-32-23-43(24-33-50)46-27-36-54-58-17-10-16-57-52-13-4-8-19-61(52)69(66(57)58)63(54)40-46/h2*1-41H. The quantitative estimate of drug-likeness (QED) is 0.109. The van der Waals surface area contributed by atoms with Crippen LogP contribution in [0.2, 0.25) is 0 Å². The van der Waals surface area contributed by atoms with Gasteiger partial charge in [0.1, 0.15) is 22.3 Å². The molecule has 0 atom stereocenters. The summed E-state index contributed by atoms with van der Waals surface area (Å²) in [6.45, 7) is 0. The third kappa shape index (κ3) is 12.4. The van der Waals surface area contributed by atoms with Crippen LogP contribution in [0, 0.1) is 0 Å². The van der Waals surface area contributed by atoms with Gasteiger partial charge in [-0.2, -0.15) is 0 Å². The van der Waals surface area contributed by atoms with Crippen LogP contribution in [0.1, 0.15) is 0 Å². The molecule has 8 heteroatoms. The Bertz CT molecular complexity index is 10200. The summed E-state index contributed by atoms with van der Waals surface area (Å²) in [5.74, 6) is 0. The van der Waals surface area contributed by atoms with Gasteiger partial charge in [-0.25, -0.2) is 0 Å². The van der Waals surface area contributed by atoms with E-state index in [-0.39, 0.29) is 0 Å². The number of aromatic nitrogens is 4. The fourth-order valence-electron chi connectivity index (χ4n) is 22.8. The fourth-order valence-corrected chi connectivity index (χ4v) is 22.8. The Morgan fingerprint density at radius 1 is 0.150 bits per heavy atom. The second-order valence-electron chi connectivity index (χ2n) is 37.0. The zero-order valence-corrected chi connectivity index (χ0v) is 75.8. The zero-order valence-electron chi connectivity index (χ0n) is 75.8. The van der Waals surface area contributed by atoms with Crippen molar-refractivity contribution in [2.45, 2.75) is 0 Å². The van der Waals surface area contributed by atoms with Gasteiger partial charge in [0.25, 0.3) is 0 Å². The van der Waals surface area contributed by atoms with Crippen molar-refractivity contribution in [3.63, 3.8) is 0 Å². The molecule has 0 saturated carbocycles. The van der Waals surface area contributed by atoms with E-state index in [1.54, 1.807) is 0 Å². The van der Waals surface area contributed by atoms with Gasteiger partial charge in [-0.15, -0.1) is 0 Å². The number of nitrogens with zero attached hydrogens (tertiary/aromatic N) is 6. The summed E-state index contributed by atoms with van der Waals surface area (Å²) in [6.07, 6.45) is 0. The molecule has 0 aliphatic rings. The van der Waals surface area contributed by atoms with Crippen molar-refractivity contribution in [1.82, 2.24) is 17.9 Å². The Labute approximate surface area is 804 Å². The van der Waals surface area contributed by atoms with Crippen LogP contribution in [-0.2, 0) is 0 Å². The van der Waals surface area contributed by atoms with E-state index in [9.17, 15) is 0 Å². The normalized spacial score (nSPS) is 12.0. The topological polar surface area (TPSA) is 51.4 Å². The maximum Gasteiger partial charge on any atom is 0.143 e. The lowest BCUT2D eigenvalue weighted by Gasteiger charge is -2.26. The lowest BCUT2D eigenvalue weighted by molar-refractivity contribution is 0.669. The van der Waals surface area contributed by atoms with Crippen LogP contribution in [0.4, 0.5) is 34.1 Å². The first-order valence-electron chi connectivity index (χ1n) is 48.0. The molecular weight excluding hydrogens is 1700 g/mol. The van der Waals surface area contributed by atoms with Gasteiger partial charge in [-0.05, 0) is 243 Å². The van der Waals surface area contributed by atoms with Crippen molar-refractivity contribution in [1.29, 1.82) is 0 Å². The average Bonchev–Trinajstić information content (AvgIpc) is 1.55. The van der Waals surface area contributed by atoms with Gasteiger partial charge in [0.15, 0.2) is 0 Å². The molecule has 0 N–H and O–H groups in total. The van der Waals surface area contributed by atoms with Gasteiger partial charge in [0, 0.05) is 137 Å². The Balaban J connectivity index is 0.000000134. The number of para-hydroxylation sites is 11. The van der Waals surface area contributed by atoms with Gasteiger partial charge in [-0.1, -0.05) is 315 Å². The number of benzene rings is 22. The minimum absolute atomic E-state index is 0.897. The van der Waals surface area contributed by atoms with Gasteiger partial charge in [0.2, 0.25) is 0 Å². The highest BCUT2D eigenvalue weighted by atomic mass is 16.3. The van der Waals surface area contributed by atoms with Crippen molar-refractivity contribution in [3.8, 4) is 78.1 Å². The molecule has 0 aliphatic carbocycles. The van der Waals surface area contributed by atoms with Crippen LogP contribution in [-0.4, -0.2) is 17.9 Å². The molecule has 0 radical (unpaired) electrons. The first kappa shape index (κ1) is 78.7. The molecule has 22 aromatic carbocycles. The van der Waals surface area contributed by atoms with Crippen LogP contribution in [0.25, 0.3) is 242 Å². The molecule has 0 bridgehead atoms. The van der Waals surface area contributed by atoms with Gasteiger partial charge >= 0.3 is 0 Å². The van der Waals surface area contributed by atoms with E-state index in [1.807, 2.05) is 24.3 Å². The molecule has 0 spiro atoms. The summed E-state index contributed by atoms with van der Waals surface area (Å²) in [4.78, 5) is 4.72. The van der Waals surface area contributed by atoms with E-state index in [4.69, 9.17) is 8.83 Å². The van der Waals surface area contributed by atoms with E-state index >= 15 is 0 Å². The number of furan rings is 2. The molecule has 0 amide bonds. The molecule has 8 aromatic heterocycles. The van der Waals surface area contributed by atoms with Gasteiger partial charge in [0.05, 0.1) is 55.2 Å². The molecule has 30 aromatic rings. The van der Waals surface area contributed by atoms with E-state index in [0.29, 0.717) is 0 Å². The van der Waals surface area contributed by atoms with Crippen molar-refractivity contribution in [2.24, 2.45) is 0 Å². The highest BCUT2D eigenvalue weighted by Crippen LogP contribution is 2.49. The minimum Gasteiger partial charge on any atom is -0.456 e. The Morgan fingerprint density at radius 2 is 0.421 bits per heavy atom. The fraction of sp³-hybridized carbons (Fsp3) is 0. The number of hydrogen-bond donors (Lipinski definition) is 0. The molecule has 0 unspecified atom stereocenters. The average molecular weight is 1780 g/mol. The lowest BCUT2D eigenvalue weighted by atomic mass is 10.0. The molecule has 0 saturated heterocycles. The van der Waals surface area contributed by atoms with Crippen molar-refractivity contribution in [2.75, 3.05) is 9.80 Å². The first-order valence-corrected chi connectivity index (χ1v) is 48.0. The third-order valence-corrected chi connectivity index (χ3v) is 29.3. The lowest BCUT2D eigenvalue weighted by Crippen LogP contribution is -2.09. The molecule has 8 nitrogen and oxygen atoms in total. The Hall–Kier alpha value is -18.8. The zero-order chi connectivity index (χ0) is 91.7. The summed E-state index contributed by atoms with van der Waals surface area (Å²) in [5, 5.41) is 19.8. The van der Waals surface area contributed by atoms with Crippen LogP contribution >= 0.6 is 0 Å². The number of fused-ring (bicyclic) bond motifs is 24. The highest BCUT2D eigenvalue weighted by Gasteiger charge is 2.26. The van der Waals surface area contributed by atoms with E-state index in [0.717, 1.165) is 112 Å². The molecule has 30 rings (SSSR count). The molecule has 0 aliphatic heterocycles. The predicted octanol–water partition coefficient (Wildman–Crippen LogP) is 36.6. The molecule has 140 heavy (non-hydrogen) atoms. The SMILES string of the molecule is c1ccc(-n2c3ccccc3c3cc(-c4ccc(N(c5ccc(-c6ccc7c(c6)oc6ccccc67)cc5)c5ccc(-c6ccc7c8cccc9c%10ccccc%10n(c7c6)c98)cc5)cc4)ccc32)cc1.c1ccc(-n2c3ccccc3c3cc(-c4ccc(N(c5ccc(-c6ccc7c8cccc9c%10ccccc%10n(c7c6)c98)cc5)c5ccc(-c6cccc7c6oc6ccccc67)cc5)cc4)ccc32)cc1.